The van der Waals surface area contributed by atoms with E-state index >= 15 is 0 Å². The monoisotopic (exact) mass is 520 g/mol. The summed E-state index contributed by atoms with van der Waals surface area (Å²) < 4.78 is 0. The highest BCUT2D eigenvalue weighted by Crippen LogP contribution is 2.62. The molecule has 0 aliphatic heterocycles. The predicted molar refractivity (Wildman–Crippen MR) is 158 cm³/mol. The van der Waals surface area contributed by atoms with Crippen LogP contribution in [-0.4, -0.2) is 22.4 Å². The molecule has 0 unspecified atom stereocenters. The SMILES string of the molecule is C=C1CC[C@H](O)C/C1=C/C=C1\CCC[C@]2(C)[C@@H]([C@@H](C)CCC[C@@H](O)CC34CC5CC(CC(C5)C3)C4)CC[C@@H]12. The van der Waals surface area contributed by atoms with E-state index in [-0.39, 0.29) is 12.2 Å². The highest BCUT2D eigenvalue weighted by Gasteiger charge is 2.52. The van der Waals surface area contributed by atoms with Gasteiger partial charge in [0.25, 0.3) is 0 Å². The Labute approximate surface area is 233 Å². The summed E-state index contributed by atoms with van der Waals surface area (Å²) in [5, 5.41) is 21.3. The molecular formula is C36H56O2. The third-order valence-corrected chi connectivity index (χ3v) is 12.9. The minimum absolute atomic E-state index is 0.0735. The number of allylic oxidation sites excluding steroid dienone is 4. The molecule has 0 amide bonds. The molecule has 0 aromatic heterocycles. The Bertz CT molecular complexity index is 906. The van der Waals surface area contributed by atoms with E-state index in [9.17, 15) is 10.2 Å². The normalized spacial score (nSPS) is 46.1. The molecule has 38 heavy (non-hydrogen) atoms. The van der Waals surface area contributed by atoms with Gasteiger partial charge in [-0.05, 0) is 155 Å². The van der Waals surface area contributed by atoms with E-state index in [2.05, 4.69) is 32.6 Å². The zero-order chi connectivity index (χ0) is 26.5. The Morgan fingerprint density at radius 1 is 0.974 bits per heavy atom. The van der Waals surface area contributed by atoms with Crippen LogP contribution in [0.15, 0.2) is 35.5 Å². The summed E-state index contributed by atoms with van der Waals surface area (Å²) in [6, 6.07) is 0. The molecule has 2 nitrogen and oxygen atoms in total. The summed E-state index contributed by atoms with van der Waals surface area (Å²) in [4.78, 5) is 0. The van der Waals surface area contributed by atoms with E-state index in [1.54, 1.807) is 5.57 Å². The Morgan fingerprint density at radius 2 is 1.68 bits per heavy atom. The summed E-state index contributed by atoms with van der Waals surface area (Å²) in [5.74, 6) is 5.26. The Kier molecular flexibility index (Phi) is 7.80. The fourth-order valence-corrected chi connectivity index (χ4v) is 11.6. The standard InChI is InChI=1S/C36H56O2/c1-24-9-12-31(37)19-30(24)11-10-29-7-5-15-35(3)33(13-14-34(29)35)25(2)6-4-8-32(38)23-36-20-26-16-27(21-36)18-28(17-26)22-36/h10-11,25-28,31-34,37-38H,1,4-9,12-23H2,2-3H3/b29-10+,30-11-/t25-,26?,27?,28?,31-,32+,33+,34-,35+,36?/m0/s1. The van der Waals surface area contributed by atoms with Crippen LogP contribution < -0.4 is 0 Å². The third kappa shape index (κ3) is 5.39. The smallest absolute Gasteiger partial charge is 0.0583 e. The Morgan fingerprint density at radius 3 is 2.39 bits per heavy atom. The van der Waals surface area contributed by atoms with Crippen molar-refractivity contribution in [2.45, 2.75) is 142 Å². The van der Waals surface area contributed by atoms with Crippen molar-refractivity contribution in [3.8, 4) is 0 Å². The van der Waals surface area contributed by atoms with Crippen LogP contribution in [0.4, 0.5) is 0 Å². The molecule has 4 bridgehead atoms. The molecule has 2 heteroatoms. The number of rotatable bonds is 8. The first-order valence-corrected chi connectivity index (χ1v) is 16.7. The molecule has 0 aromatic carbocycles. The van der Waals surface area contributed by atoms with Gasteiger partial charge in [-0.15, -0.1) is 0 Å². The fraction of sp³-hybridized carbons (Fsp3) is 0.833. The molecule has 7 saturated carbocycles. The van der Waals surface area contributed by atoms with Crippen LogP contribution in [0.2, 0.25) is 0 Å². The third-order valence-electron chi connectivity index (χ3n) is 12.9. The zero-order valence-electron chi connectivity index (χ0n) is 24.6. The maximum atomic E-state index is 11.1. The molecule has 6 atom stereocenters. The van der Waals surface area contributed by atoms with Crippen molar-refractivity contribution in [1.29, 1.82) is 0 Å². The maximum Gasteiger partial charge on any atom is 0.0583 e. The number of hydrogen-bond donors (Lipinski definition) is 2. The van der Waals surface area contributed by atoms with E-state index < -0.39 is 0 Å². The molecule has 0 heterocycles. The van der Waals surface area contributed by atoms with E-state index in [1.807, 2.05) is 0 Å². The summed E-state index contributed by atoms with van der Waals surface area (Å²) in [5.41, 5.74) is 5.12. The summed E-state index contributed by atoms with van der Waals surface area (Å²) in [7, 11) is 0. The average Bonchev–Trinajstić information content (AvgIpc) is 3.21. The van der Waals surface area contributed by atoms with E-state index in [4.69, 9.17) is 0 Å². The van der Waals surface area contributed by atoms with Crippen LogP contribution >= 0.6 is 0 Å². The van der Waals surface area contributed by atoms with E-state index in [1.165, 1.54) is 94.6 Å². The lowest BCUT2D eigenvalue weighted by Crippen LogP contribution is -2.47. The molecule has 7 fully saturated rings. The van der Waals surface area contributed by atoms with Gasteiger partial charge >= 0.3 is 0 Å². The topological polar surface area (TPSA) is 40.5 Å². The molecule has 7 rings (SSSR count). The molecule has 2 N–H and O–H groups in total. The Balaban J connectivity index is 1.02. The predicted octanol–water partition coefficient (Wildman–Crippen LogP) is 8.93. The first-order valence-electron chi connectivity index (χ1n) is 16.7. The number of aliphatic hydroxyl groups excluding tert-OH is 2. The van der Waals surface area contributed by atoms with Crippen LogP contribution in [0.1, 0.15) is 129 Å². The van der Waals surface area contributed by atoms with Gasteiger partial charge in [0.15, 0.2) is 0 Å². The van der Waals surface area contributed by atoms with Crippen LogP contribution in [0.25, 0.3) is 0 Å². The largest absolute Gasteiger partial charge is 0.393 e. The molecule has 212 valence electrons. The van der Waals surface area contributed by atoms with Gasteiger partial charge in [0.1, 0.15) is 0 Å². The van der Waals surface area contributed by atoms with Gasteiger partial charge in [0.2, 0.25) is 0 Å². The average molecular weight is 521 g/mol. The summed E-state index contributed by atoms with van der Waals surface area (Å²) in [6.45, 7) is 9.41. The van der Waals surface area contributed by atoms with Crippen molar-refractivity contribution in [2.75, 3.05) is 0 Å². The van der Waals surface area contributed by atoms with Gasteiger partial charge in [-0.1, -0.05) is 56.6 Å². The van der Waals surface area contributed by atoms with Gasteiger partial charge in [-0.25, -0.2) is 0 Å². The van der Waals surface area contributed by atoms with Crippen LogP contribution in [-0.2, 0) is 0 Å². The Hall–Kier alpha value is -0.860. The molecule has 7 aliphatic carbocycles. The lowest BCUT2D eigenvalue weighted by atomic mass is 9.48. The number of fused-ring (bicyclic) bond motifs is 1. The van der Waals surface area contributed by atoms with Gasteiger partial charge < -0.3 is 10.2 Å². The van der Waals surface area contributed by atoms with Crippen molar-refractivity contribution in [3.05, 3.63) is 35.5 Å². The van der Waals surface area contributed by atoms with Crippen LogP contribution in [0, 0.1) is 46.3 Å². The second-order valence-electron chi connectivity index (χ2n) is 15.7. The highest BCUT2D eigenvalue weighted by atomic mass is 16.3. The molecule has 0 spiro atoms. The number of aliphatic hydroxyl groups is 2. The van der Waals surface area contributed by atoms with Crippen molar-refractivity contribution >= 4 is 0 Å². The van der Waals surface area contributed by atoms with Gasteiger partial charge in [-0.3, -0.25) is 0 Å². The fourth-order valence-electron chi connectivity index (χ4n) is 11.6. The van der Waals surface area contributed by atoms with Gasteiger partial charge in [-0.2, -0.15) is 0 Å². The first kappa shape index (κ1) is 27.3. The van der Waals surface area contributed by atoms with Crippen molar-refractivity contribution in [2.24, 2.45) is 46.3 Å². The molecule has 0 aromatic rings. The minimum Gasteiger partial charge on any atom is -0.393 e. The number of hydrogen-bond acceptors (Lipinski definition) is 2. The van der Waals surface area contributed by atoms with Gasteiger partial charge in [0.05, 0.1) is 12.2 Å². The highest BCUT2D eigenvalue weighted by molar-refractivity contribution is 5.36. The lowest BCUT2D eigenvalue weighted by molar-refractivity contribution is -0.0769. The quantitative estimate of drug-likeness (QED) is 0.335. The maximum absolute atomic E-state index is 11.1. The minimum atomic E-state index is -0.190. The van der Waals surface area contributed by atoms with Crippen LogP contribution in [0.5, 0.6) is 0 Å². The van der Waals surface area contributed by atoms with E-state index in [0.717, 1.165) is 67.6 Å². The first-order chi connectivity index (χ1) is 18.2. The summed E-state index contributed by atoms with van der Waals surface area (Å²) >= 11 is 0. The molecular weight excluding hydrogens is 464 g/mol. The zero-order valence-corrected chi connectivity index (χ0v) is 24.6. The molecule has 0 saturated heterocycles. The van der Waals surface area contributed by atoms with Crippen molar-refractivity contribution in [1.82, 2.24) is 0 Å². The van der Waals surface area contributed by atoms with Crippen LogP contribution in [0.3, 0.4) is 0 Å². The van der Waals surface area contributed by atoms with Gasteiger partial charge in [0, 0.05) is 0 Å². The molecule has 0 radical (unpaired) electrons. The van der Waals surface area contributed by atoms with Crippen molar-refractivity contribution < 1.29 is 10.2 Å². The second-order valence-corrected chi connectivity index (χ2v) is 15.7. The molecule has 7 aliphatic rings. The van der Waals surface area contributed by atoms with E-state index in [0.29, 0.717) is 10.8 Å². The lowest BCUT2D eigenvalue weighted by Gasteiger charge is -2.57. The second kappa shape index (κ2) is 10.8. The summed E-state index contributed by atoms with van der Waals surface area (Å²) in [6.07, 6.45) is 27.1. The van der Waals surface area contributed by atoms with Crippen molar-refractivity contribution in [3.63, 3.8) is 0 Å².